The number of hydrogen-bond acceptors (Lipinski definition) is 2. The van der Waals surface area contributed by atoms with E-state index < -0.39 is 0 Å². The Morgan fingerprint density at radius 3 is 2.58 bits per heavy atom. The Morgan fingerprint density at radius 2 is 2.00 bits per heavy atom. The van der Waals surface area contributed by atoms with Crippen LogP contribution in [0.25, 0.3) is 10.9 Å². The maximum atomic E-state index is 5.48. The quantitative estimate of drug-likeness (QED) is 0.892. The lowest BCUT2D eigenvalue weighted by molar-refractivity contribution is 0.420. The Bertz CT molecular complexity index is 557. The Kier molecular flexibility index (Phi) is 4.15. The van der Waals surface area contributed by atoms with Crippen molar-refractivity contribution >= 4 is 10.9 Å². The highest BCUT2D eigenvalue weighted by molar-refractivity contribution is 5.87. The summed E-state index contributed by atoms with van der Waals surface area (Å²) in [7, 11) is 3.74. The molecule has 1 aromatic heterocycles. The van der Waals surface area contributed by atoms with Crippen LogP contribution in [-0.2, 0) is 6.42 Å². The van der Waals surface area contributed by atoms with Crippen molar-refractivity contribution in [2.24, 2.45) is 0 Å². The number of hydrogen-bond donors (Lipinski definition) is 1. The van der Waals surface area contributed by atoms with Crippen molar-refractivity contribution in [3.8, 4) is 5.75 Å². The lowest BCUT2D eigenvalue weighted by Gasteiger charge is -2.17. The predicted octanol–water partition coefficient (Wildman–Crippen LogP) is 3.38. The van der Waals surface area contributed by atoms with Gasteiger partial charge in [-0.3, -0.25) is 0 Å². The Morgan fingerprint density at radius 1 is 1.26 bits per heavy atom. The summed E-state index contributed by atoms with van der Waals surface area (Å²) in [5, 5.41) is 4.51. The van der Waals surface area contributed by atoms with E-state index in [-0.39, 0.29) is 0 Å². The molecule has 0 spiro atoms. The Labute approximate surface area is 115 Å². The third-order valence-electron chi connectivity index (χ3n) is 3.67. The van der Waals surface area contributed by atoms with Gasteiger partial charge >= 0.3 is 0 Å². The number of rotatable bonds is 5. The van der Waals surface area contributed by atoms with Gasteiger partial charge in [0.25, 0.3) is 0 Å². The largest absolute Gasteiger partial charge is 0.496 e. The third kappa shape index (κ3) is 2.61. The molecule has 1 atom stereocenters. The zero-order chi connectivity index (χ0) is 14.0. The van der Waals surface area contributed by atoms with Gasteiger partial charge in [-0.1, -0.05) is 6.07 Å². The minimum absolute atomic E-state index is 0.448. The number of ether oxygens (including phenoxy) is 1. The van der Waals surface area contributed by atoms with Gasteiger partial charge in [0, 0.05) is 29.6 Å². The van der Waals surface area contributed by atoms with E-state index in [4.69, 9.17) is 4.74 Å². The van der Waals surface area contributed by atoms with E-state index in [1.54, 1.807) is 7.11 Å². The summed E-state index contributed by atoms with van der Waals surface area (Å²) >= 11 is 0. The van der Waals surface area contributed by atoms with Crippen LogP contribution in [0.4, 0.5) is 0 Å². The maximum absolute atomic E-state index is 5.48. The minimum atomic E-state index is 0.448. The molecule has 1 unspecified atom stereocenters. The fourth-order valence-corrected chi connectivity index (χ4v) is 2.64. The molecular formula is C16H24N2O. The van der Waals surface area contributed by atoms with Gasteiger partial charge in [0.05, 0.1) is 12.6 Å². The molecule has 1 N–H and O–H groups in total. The van der Waals surface area contributed by atoms with Crippen LogP contribution in [0.5, 0.6) is 5.75 Å². The van der Waals surface area contributed by atoms with Crippen molar-refractivity contribution in [2.75, 3.05) is 14.2 Å². The molecule has 0 aliphatic heterocycles. The number of fused-ring (bicyclic) bond motifs is 1. The van der Waals surface area contributed by atoms with Crippen LogP contribution in [0.15, 0.2) is 24.3 Å². The Balaban J connectivity index is 2.59. The van der Waals surface area contributed by atoms with Gasteiger partial charge in [0.15, 0.2) is 0 Å². The second kappa shape index (κ2) is 5.66. The summed E-state index contributed by atoms with van der Waals surface area (Å²) in [5.74, 6) is 0.954. The standard InChI is InChI=1S/C16H24N2O/c1-11(2)18-13(9-12(3)17-4)10-14-15(18)7-6-8-16(14)19-5/h6-8,10-12,17H,9H2,1-5H3. The first kappa shape index (κ1) is 13.9. The topological polar surface area (TPSA) is 26.2 Å². The SMILES string of the molecule is CNC(C)Cc1cc2c(OC)cccc2n1C(C)C. The zero-order valence-electron chi connectivity index (χ0n) is 12.5. The van der Waals surface area contributed by atoms with E-state index in [1.807, 2.05) is 13.1 Å². The first-order chi connectivity index (χ1) is 9.08. The predicted molar refractivity (Wildman–Crippen MR) is 81.1 cm³/mol. The average Bonchev–Trinajstić information content (AvgIpc) is 2.76. The molecule has 0 aliphatic carbocycles. The number of aromatic nitrogens is 1. The highest BCUT2D eigenvalue weighted by Crippen LogP contribution is 2.31. The van der Waals surface area contributed by atoms with E-state index in [0.29, 0.717) is 12.1 Å². The van der Waals surface area contributed by atoms with Crippen molar-refractivity contribution < 1.29 is 4.74 Å². The molecular weight excluding hydrogens is 236 g/mol. The lowest BCUT2D eigenvalue weighted by Crippen LogP contribution is -2.25. The fourth-order valence-electron chi connectivity index (χ4n) is 2.64. The Hall–Kier alpha value is -1.48. The van der Waals surface area contributed by atoms with Crippen LogP contribution in [0.1, 0.15) is 32.5 Å². The molecule has 19 heavy (non-hydrogen) atoms. The summed E-state index contributed by atoms with van der Waals surface area (Å²) in [4.78, 5) is 0. The van der Waals surface area contributed by atoms with Crippen LogP contribution >= 0.6 is 0 Å². The molecule has 3 heteroatoms. The van der Waals surface area contributed by atoms with E-state index in [9.17, 15) is 0 Å². The first-order valence-corrected chi connectivity index (χ1v) is 6.92. The third-order valence-corrected chi connectivity index (χ3v) is 3.67. The molecule has 0 fully saturated rings. The average molecular weight is 260 g/mol. The molecule has 0 radical (unpaired) electrons. The molecule has 2 rings (SSSR count). The molecule has 1 heterocycles. The first-order valence-electron chi connectivity index (χ1n) is 6.92. The highest BCUT2D eigenvalue weighted by atomic mass is 16.5. The molecule has 1 aromatic carbocycles. The molecule has 2 aromatic rings. The highest BCUT2D eigenvalue weighted by Gasteiger charge is 2.15. The van der Waals surface area contributed by atoms with Crippen molar-refractivity contribution in [1.29, 1.82) is 0 Å². The smallest absolute Gasteiger partial charge is 0.128 e. The van der Waals surface area contributed by atoms with Gasteiger partial charge in [-0.05, 0) is 46.0 Å². The number of methoxy groups -OCH3 is 1. The van der Waals surface area contributed by atoms with Gasteiger partial charge in [-0.2, -0.15) is 0 Å². The summed E-state index contributed by atoms with van der Waals surface area (Å²) in [6.45, 7) is 6.67. The summed E-state index contributed by atoms with van der Waals surface area (Å²) in [5.41, 5.74) is 2.61. The minimum Gasteiger partial charge on any atom is -0.496 e. The number of nitrogens with zero attached hydrogens (tertiary/aromatic N) is 1. The molecule has 0 saturated heterocycles. The lowest BCUT2D eigenvalue weighted by atomic mass is 10.1. The number of benzene rings is 1. The van der Waals surface area contributed by atoms with E-state index in [2.05, 4.69) is 48.9 Å². The summed E-state index contributed by atoms with van der Waals surface area (Å²) in [6, 6.07) is 9.44. The summed E-state index contributed by atoms with van der Waals surface area (Å²) in [6.07, 6.45) is 1.02. The van der Waals surface area contributed by atoms with Gasteiger partial charge in [0.1, 0.15) is 5.75 Å². The number of nitrogens with one attached hydrogen (secondary N) is 1. The van der Waals surface area contributed by atoms with E-state index >= 15 is 0 Å². The second-order valence-corrected chi connectivity index (χ2v) is 5.39. The van der Waals surface area contributed by atoms with Crippen molar-refractivity contribution in [1.82, 2.24) is 9.88 Å². The van der Waals surface area contributed by atoms with Crippen molar-refractivity contribution in [3.63, 3.8) is 0 Å². The van der Waals surface area contributed by atoms with Crippen molar-refractivity contribution in [2.45, 2.75) is 39.3 Å². The van der Waals surface area contributed by atoms with Gasteiger partial charge < -0.3 is 14.6 Å². The summed E-state index contributed by atoms with van der Waals surface area (Å²) < 4.78 is 7.89. The zero-order valence-corrected chi connectivity index (χ0v) is 12.5. The van der Waals surface area contributed by atoms with Crippen molar-refractivity contribution in [3.05, 3.63) is 30.0 Å². The van der Waals surface area contributed by atoms with Crippen LogP contribution < -0.4 is 10.1 Å². The fraction of sp³-hybridized carbons (Fsp3) is 0.500. The van der Waals surface area contributed by atoms with Gasteiger partial charge in [-0.25, -0.2) is 0 Å². The van der Waals surface area contributed by atoms with E-state index in [1.165, 1.54) is 16.6 Å². The monoisotopic (exact) mass is 260 g/mol. The van der Waals surface area contributed by atoms with Crippen LogP contribution in [0.2, 0.25) is 0 Å². The number of likely N-dealkylation sites (N-methyl/N-ethyl adjacent to an activating group) is 1. The molecule has 0 aliphatic rings. The van der Waals surface area contributed by atoms with E-state index in [0.717, 1.165) is 12.2 Å². The maximum Gasteiger partial charge on any atom is 0.128 e. The molecule has 104 valence electrons. The normalized spacial score (nSPS) is 13.2. The molecule has 0 bridgehead atoms. The van der Waals surface area contributed by atoms with Crippen LogP contribution in [-0.4, -0.2) is 24.8 Å². The van der Waals surface area contributed by atoms with Gasteiger partial charge in [0.2, 0.25) is 0 Å². The molecule has 3 nitrogen and oxygen atoms in total. The van der Waals surface area contributed by atoms with Gasteiger partial charge in [-0.15, -0.1) is 0 Å². The second-order valence-electron chi connectivity index (χ2n) is 5.39. The molecule has 0 saturated carbocycles. The van der Waals surface area contributed by atoms with Crippen LogP contribution in [0.3, 0.4) is 0 Å². The van der Waals surface area contributed by atoms with Crippen LogP contribution in [0, 0.1) is 0 Å². The molecule has 0 amide bonds.